The molecule has 1 aliphatic heterocycles. The first-order valence-corrected chi connectivity index (χ1v) is 9.02. The van der Waals surface area contributed by atoms with Gasteiger partial charge in [0.25, 0.3) is 0 Å². The maximum Gasteiger partial charge on any atom is 0.119 e. The molecule has 0 radical (unpaired) electrons. The molecule has 2 fully saturated rings. The Bertz CT molecular complexity index is 596. The smallest absolute Gasteiger partial charge is 0.119 e. The minimum atomic E-state index is 0.00271. The number of phenolic OH excluding ortho intramolecular Hbond substituents is 1. The number of hydrogen-bond donors (Lipinski definition) is 2. The van der Waals surface area contributed by atoms with Gasteiger partial charge in [-0.1, -0.05) is 39.7 Å². The molecule has 120 valence electrons. The number of fused-ring (bicyclic) bond motifs is 1. The molecule has 1 aromatic carbocycles. The van der Waals surface area contributed by atoms with E-state index in [-0.39, 0.29) is 5.41 Å². The molecule has 0 unspecified atom stereocenters. The minimum absolute atomic E-state index is 0.00271. The molecule has 0 aromatic heterocycles. The second kappa shape index (κ2) is 4.74. The summed E-state index contributed by atoms with van der Waals surface area (Å²) in [6.45, 7) is 7.72. The van der Waals surface area contributed by atoms with E-state index in [1.54, 1.807) is 0 Å². The van der Waals surface area contributed by atoms with Crippen molar-refractivity contribution >= 4 is 0 Å². The van der Waals surface area contributed by atoms with E-state index in [2.05, 4.69) is 38.2 Å². The third kappa shape index (κ3) is 1.96. The van der Waals surface area contributed by atoms with Crippen molar-refractivity contribution in [2.45, 2.75) is 76.2 Å². The van der Waals surface area contributed by atoms with Crippen LogP contribution < -0.4 is 5.32 Å². The normalized spacial score (nSPS) is 34.0. The number of benzene rings is 1. The zero-order valence-corrected chi connectivity index (χ0v) is 14.2. The Morgan fingerprint density at radius 1 is 1.18 bits per heavy atom. The molecule has 2 aliphatic carbocycles. The topological polar surface area (TPSA) is 32.3 Å². The summed E-state index contributed by atoms with van der Waals surface area (Å²) in [6, 6.07) is 5.12. The fourth-order valence-electron chi connectivity index (χ4n) is 5.57. The standard InChI is InChI=1S/C20H29NO/c1-19(2,3)16-10-13-11-17-14-6-4-5-7-20(14,8-9-21-17)15(13)12-18(16)22/h10,12,14,17,21-22H,4-9,11H2,1-3H3/t14-,17+,20+/m0/s1. The first-order valence-electron chi connectivity index (χ1n) is 9.02. The van der Waals surface area contributed by atoms with Gasteiger partial charge < -0.3 is 10.4 Å². The van der Waals surface area contributed by atoms with E-state index < -0.39 is 0 Å². The van der Waals surface area contributed by atoms with Crippen molar-refractivity contribution in [2.75, 3.05) is 6.54 Å². The Labute approximate surface area is 134 Å². The molecular formula is C20H29NO. The van der Waals surface area contributed by atoms with Crippen molar-refractivity contribution in [3.8, 4) is 5.75 Å². The van der Waals surface area contributed by atoms with Gasteiger partial charge in [0.05, 0.1) is 0 Å². The number of rotatable bonds is 0. The quantitative estimate of drug-likeness (QED) is 0.758. The fourth-order valence-corrected chi connectivity index (χ4v) is 5.57. The van der Waals surface area contributed by atoms with Gasteiger partial charge in [0, 0.05) is 11.5 Å². The Morgan fingerprint density at radius 3 is 2.77 bits per heavy atom. The number of aromatic hydroxyl groups is 1. The van der Waals surface area contributed by atoms with Crippen LogP contribution in [0.1, 0.15) is 69.6 Å². The molecule has 1 saturated carbocycles. The van der Waals surface area contributed by atoms with Crippen molar-refractivity contribution in [3.63, 3.8) is 0 Å². The molecule has 2 bridgehead atoms. The molecule has 4 rings (SSSR count). The van der Waals surface area contributed by atoms with Gasteiger partial charge in [-0.05, 0) is 66.3 Å². The summed E-state index contributed by atoms with van der Waals surface area (Å²) in [5.41, 5.74) is 4.44. The molecule has 22 heavy (non-hydrogen) atoms. The highest BCUT2D eigenvalue weighted by Gasteiger charge is 2.51. The summed E-state index contributed by atoms with van der Waals surface area (Å²) in [5, 5.41) is 14.5. The lowest BCUT2D eigenvalue weighted by molar-refractivity contribution is 0.0794. The van der Waals surface area contributed by atoms with Crippen LogP contribution in [0, 0.1) is 5.92 Å². The predicted molar refractivity (Wildman–Crippen MR) is 90.6 cm³/mol. The van der Waals surface area contributed by atoms with Crippen LogP contribution in [0.4, 0.5) is 0 Å². The molecule has 1 aromatic rings. The SMILES string of the molecule is CC(C)(C)c1cc2c(cc1O)[C@@]13CCCC[C@H]1[C@@H](C2)NCC3. The van der Waals surface area contributed by atoms with Crippen LogP contribution in [0.3, 0.4) is 0 Å². The van der Waals surface area contributed by atoms with E-state index in [0.29, 0.717) is 17.2 Å². The first kappa shape index (κ1) is 14.6. The maximum absolute atomic E-state index is 10.7. The molecule has 1 heterocycles. The van der Waals surface area contributed by atoms with Crippen LogP contribution >= 0.6 is 0 Å². The van der Waals surface area contributed by atoms with Crippen LogP contribution in [0.15, 0.2) is 12.1 Å². The van der Waals surface area contributed by atoms with Crippen LogP contribution in [-0.2, 0) is 17.3 Å². The van der Waals surface area contributed by atoms with E-state index in [1.165, 1.54) is 43.2 Å². The average Bonchev–Trinajstić information content (AvgIpc) is 2.46. The zero-order chi connectivity index (χ0) is 15.5. The zero-order valence-electron chi connectivity index (χ0n) is 14.2. The number of nitrogens with one attached hydrogen (secondary N) is 1. The van der Waals surface area contributed by atoms with Crippen molar-refractivity contribution in [1.82, 2.24) is 5.32 Å². The predicted octanol–water partition coefficient (Wildman–Crippen LogP) is 4.04. The Balaban J connectivity index is 1.89. The monoisotopic (exact) mass is 299 g/mol. The van der Waals surface area contributed by atoms with Gasteiger partial charge in [0.15, 0.2) is 0 Å². The highest BCUT2D eigenvalue weighted by molar-refractivity contribution is 5.51. The molecule has 3 aliphatic rings. The summed E-state index contributed by atoms with van der Waals surface area (Å²) in [4.78, 5) is 0. The highest BCUT2D eigenvalue weighted by atomic mass is 16.3. The van der Waals surface area contributed by atoms with E-state index in [0.717, 1.165) is 24.4 Å². The Hall–Kier alpha value is -1.02. The van der Waals surface area contributed by atoms with Crippen LogP contribution in [0.5, 0.6) is 5.75 Å². The molecule has 2 nitrogen and oxygen atoms in total. The summed E-state index contributed by atoms with van der Waals surface area (Å²) in [5.74, 6) is 1.30. The lowest BCUT2D eigenvalue weighted by Gasteiger charge is -2.56. The first-order chi connectivity index (χ1) is 10.4. The van der Waals surface area contributed by atoms with E-state index in [9.17, 15) is 5.11 Å². The molecule has 3 atom stereocenters. The van der Waals surface area contributed by atoms with Crippen molar-refractivity contribution in [3.05, 3.63) is 28.8 Å². The van der Waals surface area contributed by atoms with E-state index in [1.807, 2.05) is 0 Å². The lowest BCUT2D eigenvalue weighted by Crippen LogP contribution is -2.59. The second-order valence-electron chi connectivity index (χ2n) is 8.80. The van der Waals surface area contributed by atoms with E-state index in [4.69, 9.17) is 0 Å². The molecule has 2 N–H and O–H groups in total. The van der Waals surface area contributed by atoms with Crippen LogP contribution in [0.25, 0.3) is 0 Å². The van der Waals surface area contributed by atoms with Gasteiger partial charge in [-0.3, -0.25) is 0 Å². The molecular weight excluding hydrogens is 270 g/mol. The Kier molecular flexibility index (Phi) is 3.14. The number of hydrogen-bond acceptors (Lipinski definition) is 2. The molecule has 2 heteroatoms. The molecule has 0 spiro atoms. The average molecular weight is 299 g/mol. The van der Waals surface area contributed by atoms with Gasteiger partial charge in [-0.2, -0.15) is 0 Å². The Morgan fingerprint density at radius 2 is 2.00 bits per heavy atom. The van der Waals surface area contributed by atoms with Gasteiger partial charge in [0.2, 0.25) is 0 Å². The third-order valence-electron chi connectivity index (χ3n) is 6.57. The van der Waals surface area contributed by atoms with Gasteiger partial charge >= 0.3 is 0 Å². The summed E-state index contributed by atoms with van der Waals surface area (Å²) >= 11 is 0. The largest absolute Gasteiger partial charge is 0.508 e. The number of phenols is 1. The van der Waals surface area contributed by atoms with Crippen molar-refractivity contribution < 1.29 is 5.11 Å². The highest BCUT2D eigenvalue weighted by Crippen LogP contribution is 2.55. The van der Waals surface area contributed by atoms with Crippen molar-refractivity contribution in [1.29, 1.82) is 0 Å². The van der Waals surface area contributed by atoms with Crippen molar-refractivity contribution in [2.24, 2.45) is 5.92 Å². The molecule has 0 amide bonds. The molecule has 1 saturated heterocycles. The van der Waals surface area contributed by atoms with Crippen LogP contribution in [-0.4, -0.2) is 17.7 Å². The van der Waals surface area contributed by atoms with E-state index >= 15 is 0 Å². The number of piperidine rings is 1. The fraction of sp³-hybridized carbons (Fsp3) is 0.700. The summed E-state index contributed by atoms with van der Waals surface area (Å²) in [7, 11) is 0. The van der Waals surface area contributed by atoms with Gasteiger partial charge in [0.1, 0.15) is 5.75 Å². The summed E-state index contributed by atoms with van der Waals surface area (Å²) in [6.07, 6.45) is 7.80. The summed E-state index contributed by atoms with van der Waals surface area (Å²) < 4.78 is 0. The third-order valence-corrected chi connectivity index (χ3v) is 6.57. The van der Waals surface area contributed by atoms with Crippen LogP contribution in [0.2, 0.25) is 0 Å². The van der Waals surface area contributed by atoms with Gasteiger partial charge in [-0.25, -0.2) is 0 Å². The second-order valence-corrected chi connectivity index (χ2v) is 8.80. The maximum atomic E-state index is 10.7. The van der Waals surface area contributed by atoms with Gasteiger partial charge in [-0.15, -0.1) is 0 Å². The minimum Gasteiger partial charge on any atom is -0.508 e. The lowest BCUT2D eigenvalue weighted by atomic mass is 9.52.